The zero-order valence-corrected chi connectivity index (χ0v) is 10.6. The van der Waals surface area contributed by atoms with E-state index in [-0.39, 0.29) is 18.5 Å². The minimum Gasteiger partial charge on any atom is -0.395 e. The molecule has 0 aliphatic rings. The monoisotopic (exact) mass is 291 g/mol. The normalized spacial score (nSPS) is 12.8. The summed E-state index contributed by atoms with van der Waals surface area (Å²) < 4.78 is 18.7. The number of rotatable bonds is 6. The Kier molecular flexibility index (Phi) is 5.90. The van der Waals surface area contributed by atoms with E-state index in [1.54, 1.807) is 7.11 Å². The molecule has 16 heavy (non-hydrogen) atoms. The first-order valence-electron chi connectivity index (χ1n) is 4.94. The Morgan fingerprint density at radius 2 is 2.25 bits per heavy atom. The largest absolute Gasteiger partial charge is 0.395 e. The van der Waals surface area contributed by atoms with Gasteiger partial charge in [0.25, 0.3) is 0 Å². The number of methoxy groups -OCH3 is 1. The molecule has 0 spiro atoms. The van der Waals surface area contributed by atoms with Crippen molar-refractivity contribution >= 4 is 15.9 Å². The standard InChI is InChI=1S/C11H15BrFNO2/c1-16-7-11(6-15)14-5-8-2-9(12)4-10(13)3-8/h2-4,11,14-15H,5-7H2,1H3. The lowest BCUT2D eigenvalue weighted by Gasteiger charge is -2.15. The van der Waals surface area contributed by atoms with Crippen LogP contribution in [0.4, 0.5) is 4.39 Å². The smallest absolute Gasteiger partial charge is 0.124 e. The Morgan fingerprint density at radius 3 is 2.81 bits per heavy atom. The fraction of sp³-hybridized carbons (Fsp3) is 0.455. The van der Waals surface area contributed by atoms with Gasteiger partial charge in [-0.2, -0.15) is 0 Å². The van der Waals surface area contributed by atoms with E-state index in [1.165, 1.54) is 12.1 Å². The Labute approximate surface area is 103 Å². The van der Waals surface area contributed by atoms with Crippen molar-refractivity contribution in [2.75, 3.05) is 20.3 Å². The highest BCUT2D eigenvalue weighted by Gasteiger charge is 2.06. The van der Waals surface area contributed by atoms with Gasteiger partial charge in [-0.3, -0.25) is 0 Å². The quantitative estimate of drug-likeness (QED) is 0.838. The molecule has 5 heteroatoms. The first kappa shape index (κ1) is 13.6. The van der Waals surface area contributed by atoms with Crippen LogP contribution in [-0.4, -0.2) is 31.5 Å². The van der Waals surface area contributed by atoms with Gasteiger partial charge in [0.05, 0.1) is 19.3 Å². The number of hydrogen-bond donors (Lipinski definition) is 2. The second-order valence-electron chi connectivity index (χ2n) is 3.49. The van der Waals surface area contributed by atoms with Gasteiger partial charge >= 0.3 is 0 Å². The average Bonchev–Trinajstić information content (AvgIpc) is 2.23. The van der Waals surface area contributed by atoms with Crippen molar-refractivity contribution in [3.8, 4) is 0 Å². The third kappa shape index (κ3) is 4.57. The molecular weight excluding hydrogens is 277 g/mol. The Hall–Kier alpha value is -0.490. The van der Waals surface area contributed by atoms with Gasteiger partial charge in [0.15, 0.2) is 0 Å². The van der Waals surface area contributed by atoms with Crippen molar-refractivity contribution in [2.24, 2.45) is 0 Å². The van der Waals surface area contributed by atoms with E-state index in [1.807, 2.05) is 6.07 Å². The molecule has 2 N–H and O–H groups in total. The Balaban J connectivity index is 2.52. The second kappa shape index (κ2) is 6.96. The van der Waals surface area contributed by atoms with Crippen molar-refractivity contribution in [3.63, 3.8) is 0 Å². The summed E-state index contributed by atoms with van der Waals surface area (Å²) in [5.41, 5.74) is 0.821. The summed E-state index contributed by atoms with van der Waals surface area (Å²) in [7, 11) is 1.57. The summed E-state index contributed by atoms with van der Waals surface area (Å²) in [6.45, 7) is 0.905. The topological polar surface area (TPSA) is 41.5 Å². The third-order valence-corrected chi connectivity index (χ3v) is 2.56. The summed E-state index contributed by atoms with van der Waals surface area (Å²) in [6.07, 6.45) is 0. The predicted molar refractivity (Wildman–Crippen MR) is 63.7 cm³/mol. The number of benzene rings is 1. The van der Waals surface area contributed by atoms with E-state index >= 15 is 0 Å². The van der Waals surface area contributed by atoms with Crippen LogP contribution in [0.25, 0.3) is 0 Å². The van der Waals surface area contributed by atoms with Gasteiger partial charge in [-0.15, -0.1) is 0 Å². The van der Waals surface area contributed by atoms with E-state index < -0.39 is 0 Å². The number of aliphatic hydroxyl groups excluding tert-OH is 1. The maximum Gasteiger partial charge on any atom is 0.124 e. The summed E-state index contributed by atoms with van der Waals surface area (Å²) in [5.74, 6) is -0.279. The molecule has 1 aromatic carbocycles. The lowest BCUT2D eigenvalue weighted by Crippen LogP contribution is -2.35. The fourth-order valence-corrected chi connectivity index (χ4v) is 1.87. The van der Waals surface area contributed by atoms with E-state index in [0.717, 1.165) is 5.56 Å². The predicted octanol–water partition coefficient (Wildman–Crippen LogP) is 1.69. The van der Waals surface area contributed by atoms with Crippen LogP contribution in [0.15, 0.2) is 22.7 Å². The van der Waals surface area contributed by atoms with Gasteiger partial charge < -0.3 is 15.2 Å². The van der Waals surface area contributed by atoms with Crippen molar-refractivity contribution in [2.45, 2.75) is 12.6 Å². The average molecular weight is 292 g/mol. The van der Waals surface area contributed by atoms with Gasteiger partial charge in [-0.05, 0) is 23.8 Å². The molecule has 0 aromatic heterocycles. The highest BCUT2D eigenvalue weighted by atomic mass is 79.9. The van der Waals surface area contributed by atoms with Crippen LogP contribution in [0.3, 0.4) is 0 Å². The molecule has 1 rings (SSSR count). The number of ether oxygens (including phenoxy) is 1. The van der Waals surface area contributed by atoms with Crippen molar-refractivity contribution in [3.05, 3.63) is 34.1 Å². The first-order valence-corrected chi connectivity index (χ1v) is 5.73. The maximum absolute atomic E-state index is 13.1. The zero-order valence-electron chi connectivity index (χ0n) is 9.04. The lowest BCUT2D eigenvalue weighted by atomic mass is 10.2. The molecule has 3 nitrogen and oxygen atoms in total. The van der Waals surface area contributed by atoms with Gasteiger partial charge in [0.1, 0.15) is 5.82 Å². The van der Waals surface area contributed by atoms with Gasteiger partial charge in [0.2, 0.25) is 0 Å². The first-order chi connectivity index (χ1) is 7.65. The second-order valence-corrected chi connectivity index (χ2v) is 4.41. The molecule has 0 heterocycles. The van der Waals surface area contributed by atoms with E-state index in [9.17, 15) is 4.39 Å². The third-order valence-electron chi connectivity index (χ3n) is 2.11. The van der Waals surface area contributed by atoms with Crippen LogP contribution in [-0.2, 0) is 11.3 Å². The molecule has 0 aliphatic carbocycles. The number of aliphatic hydroxyl groups is 1. The minimum atomic E-state index is -0.279. The molecule has 0 fully saturated rings. The molecule has 0 amide bonds. The minimum absolute atomic E-state index is 0.00960. The molecule has 0 aliphatic heterocycles. The van der Waals surface area contributed by atoms with E-state index in [0.29, 0.717) is 17.6 Å². The highest BCUT2D eigenvalue weighted by Crippen LogP contribution is 2.14. The summed E-state index contributed by atoms with van der Waals surface area (Å²) >= 11 is 3.23. The van der Waals surface area contributed by atoms with Crippen LogP contribution in [0.5, 0.6) is 0 Å². The van der Waals surface area contributed by atoms with Gasteiger partial charge in [0, 0.05) is 18.1 Å². The fourth-order valence-electron chi connectivity index (χ4n) is 1.35. The maximum atomic E-state index is 13.1. The van der Waals surface area contributed by atoms with Crippen LogP contribution >= 0.6 is 15.9 Å². The van der Waals surface area contributed by atoms with E-state index in [4.69, 9.17) is 9.84 Å². The summed E-state index contributed by atoms with van der Waals surface area (Å²) in [5, 5.41) is 12.1. The molecule has 1 aromatic rings. The number of hydrogen-bond acceptors (Lipinski definition) is 3. The molecule has 0 bridgehead atoms. The molecule has 90 valence electrons. The van der Waals surface area contributed by atoms with Gasteiger partial charge in [-0.1, -0.05) is 15.9 Å². The molecule has 1 atom stereocenters. The molecule has 0 saturated heterocycles. The molecule has 0 saturated carbocycles. The van der Waals surface area contributed by atoms with Crippen molar-refractivity contribution < 1.29 is 14.2 Å². The van der Waals surface area contributed by atoms with Crippen LogP contribution < -0.4 is 5.32 Å². The van der Waals surface area contributed by atoms with Crippen molar-refractivity contribution in [1.29, 1.82) is 0 Å². The number of halogens is 2. The van der Waals surface area contributed by atoms with Gasteiger partial charge in [-0.25, -0.2) is 4.39 Å². The van der Waals surface area contributed by atoms with Crippen LogP contribution in [0.1, 0.15) is 5.56 Å². The zero-order chi connectivity index (χ0) is 12.0. The molecular formula is C11H15BrFNO2. The molecule has 1 unspecified atom stereocenters. The SMILES string of the molecule is COCC(CO)NCc1cc(F)cc(Br)c1. The Bertz CT molecular complexity index is 316. The van der Waals surface area contributed by atoms with Crippen LogP contribution in [0, 0.1) is 5.82 Å². The summed E-state index contributed by atoms with van der Waals surface area (Å²) in [4.78, 5) is 0. The molecule has 0 radical (unpaired) electrons. The summed E-state index contributed by atoms with van der Waals surface area (Å²) in [6, 6.07) is 4.56. The van der Waals surface area contributed by atoms with Crippen LogP contribution in [0.2, 0.25) is 0 Å². The Morgan fingerprint density at radius 1 is 1.50 bits per heavy atom. The van der Waals surface area contributed by atoms with E-state index in [2.05, 4.69) is 21.2 Å². The highest BCUT2D eigenvalue weighted by molar-refractivity contribution is 9.10. The lowest BCUT2D eigenvalue weighted by molar-refractivity contribution is 0.128. The van der Waals surface area contributed by atoms with Crippen molar-refractivity contribution in [1.82, 2.24) is 5.32 Å². The number of nitrogens with one attached hydrogen (secondary N) is 1.